The summed E-state index contributed by atoms with van der Waals surface area (Å²) in [4.78, 5) is 11.3. The van der Waals surface area contributed by atoms with Crippen LogP contribution >= 0.6 is 0 Å². The molecule has 0 aromatic carbocycles. The number of rotatable bonds is 1. The van der Waals surface area contributed by atoms with E-state index >= 15 is 0 Å². The monoisotopic (exact) mass is 171 g/mol. The first-order valence-corrected chi connectivity index (χ1v) is 4.20. The summed E-state index contributed by atoms with van der Waals surface area (Å²) >= 11 is 0. The molecule has 0 aromatic rings. The summed E-state index contributed by atoms with van der Waals surface area (Å²) in [7, 11) is 1.40. The lowest BCUT2D eigenvalue weighted by molar-refractivity contribution is -0.145. The first kappa shape index (κ1) is 8.01. The number of methoxy groups -OCH3 is 1. The van der Waals surface area contributed by atoms with E-state index in [0.717, 1.165) is 12.8 Å². The number of nitrogens with one attached hydrogen (secondary N) is 1. The van der Waals surface area contributed by atoms with Gasteiger partial charge >= 0.3 is 5.97 Å². The van der Waals surface area contributed by atoms with Crippen molar-refractivity contribution in [3.63, 3.8) is 0 Å². The Bertz CT molecular complexity index is 218. The highest BCUT2D eigenvalue weighted by Gasteiger charge is 2.63. The molecule has 0 amide bonds. The first-order valence-electron chi connectivity index (χ1n) is 4.20. The third-order valence-corrected chi connectivity index (χ3v) is 2.86. The van der Waals surface area contributed by atoms with Gasteiger partial charge in [0, 0.05) is 6.54 Å². The summed E-state index contributed by atoms with van der Waals surface area (Å²) in [5.74, 6) is 0.105. The number of fused-ring (bicyclic) bond motifs is 1. The van der Waals surface area contributed by atoms with Gasteiger partial charge in [0.2, 0.25) is 0 Å². The van der Waals surface area contributed by atoms with Gasteiger partial charge in [-0.25, -0.2) is 0 Å². The number of piperidine rings is 1. The third-order valence-electron chi connectivity index (χ3n) is 2.86. The standard InChI is InChI=1S/C8H13NO3/c1-12-7(11)8-3-5(8)2-6(10)4-9-8/h5-6,9-10H,2-4H2,1H3. The van der Waals surface area contributed by atoms with Gasteiger partial charge in [0.1, 0.15) is 5.54 Å². The van der Waals surface area contributed by atoms with E-state index in [2.05, 4.69) is 10.1 Å². The zero-order valence-corrected chi connectivity index (χ0v) is 7.04. The molecule has 4 nitrogen and oxygen atoms in total. The second-order valence-corrected chi connectivity index (χ2v) is 3.63. The number of esters is 1. The predicted octanol–water partition coefficient (Wildman–Crippen LogP) is -0.728. The van der Waals surface area contributed by atoms with Crippen LogP contribution in [0.1, 0.15) is 12.8 Å². The van der Waals surface area contributed by atoms with Crippen molar-refractivity contribution in [3.05, 3.63) is 0 Å². The summed E-state index contributed by atoms with van der Waals surface area (Å²) in [5, 5.41) is 12.3. The minimum absolute atomic E-state index is 0.181. The van der Waals surface area contributed by atoms with Crippen molar-refractivity contribution in [1.29, 1.82) is 0 Å². The number of hydrogen-bond acceptors (Lipinski definition) is 4. The normalized spacial score (nSPS) is 44.8. The second-order valence-electron chi connectivity index (χ2n) is 3.63. The van der Waals surface area contributed by atoms with Crippen LogP contribution in [0.5, 0.6) is 0 Å². The number of hydrogen-bond donors (Lipinski definition) is 2. The lowest BCUT2D eigenvalue weighted by atomic mass is 10.0. The Kier molecular flexibility index (Phi) is 1.63. The molecule has 68 valence electrons. The lowest BCUT2D eigenvalue weighted by Crippen LogP contribution is -2.49. The van der Waals surface area contributed by atoms with Gasteiger partial charge in [-0.2, -0.15) is 0 Å². The van der Waals surface area contributed by atoms with E-state index in [4.69, 9.17) is 0 Å². The number of ether oxygens (including phenoxy) is 1. The summed E-state index contributed by atoms with van der Waals surface area (Å²) in [6, 6.07) is 0. The van der Waals surface area contributed by atoms with E-state index in [-0.39, 0.29) is 18.0 Å². The van der Waals surface area contributed by atoms with Gasteiger partial charge in [-0.1, -0.05) is 0 Å². The van der Waals surface area contributed by atoms with E-state index in [1.165, 1.54) is 7.11 Å². The molecule has 1 heterocycles. The molecule has 2 fully saturated rings. The Morgan fingerprint density at radius 3 is 3.08 bits per heavy atom. The fraction of sp³-hybridized carbons (Fsp3) is 0.875. The van der Waals surface area contributed by atoms with Crippen LogP contribution in [0.2, 0.25) is 0 Å². The van der Waals surface area contributed by atoms with Gasteiger partial charge < -0.3 is 9.84 Å². The molecule has 2 N–H and O–H groups in total. The maximum Gasteiger partial charge on any atom is 0.326 e. The molecular formula is C8H13NO3. The highest BCUT2D eigenvalue weighted by Crippen LogP contribution is 2.49. The van der Waals surface area contributed by atoms with Gasteiger partial charge in [0.15, 0.2) is 0 Å². The zero-order chi connectivity index (χ0) is 8.77. The molecule has 3 atom stereocenters. The molecule has 1 aliphatic carbocycles. The average molecular weight is 171 g/mol. The molecule has 1 aliphatic heterocycles. The summed E-state index contributed by atoms with van der Waals surface area (Å²) < 4.78 is 4.69. The van der Waals surface area contributed by atoms with Crippen molar-refractivity contribution < 1.29 is 14.6 Å². The highest BCUT2D eigenvalue weighted by atomic mass is 16.5. The van der Waals surface area contributed by atoms with Crippen molar-refractivity contribution in [2.75, 3.05) is 13.7 Å². The maximum absolute atomic E-state index is 11.3. The van der Waals surface area contributed by atoms with Gasteiger partial charge in [0.05, 0.1) is 13.2 Å². The van der Waals surface area contributed by atoms with Crippen LogP contribution in [0.25, 0.3) is 0 Å². The van der Waals surface area contributed by atoms with E-state index in [0.29, 0.717) is 6.54 Å². The highest BCUT2D eigenvalue weighted by molar-refractivity contribution is 5.85. The van der Waals surface area contributed by atoms with Gasteiger partial charge in [-0.3, -0.25) is 10.1 Å². The second kappa shape index (κ2) is 2.44. The van der Waals surface area contributed by atoms with Crippen molar-refractivity contribution in [3.8, 4) is 0 Å². The number of carbonyl (C=O) groups is 1. The molecular weight excluding hydrogens is 158 g/mol. The molecule has 2 aliphatic rings. The molecule has 1 saturated carbocycles. The number of carbonyl (C=O) groups excluding carboxylic acids is 1. The molecule has 0 spiro atoms. The molecule has 0 aromatic heterocycles. The Hall–Kier alpha value is -0.610. The summed E-state index contributed by atoms with van der Waals surface area (Å²) in [5.41, 5.74) is -0.437. The Labute approximate surface area is 70.9 Å². The molecule has 0 bridgehead atoms. The van der Waals surface area contributed by atoms with Crippen molar-refractivity contribution in [1.82, 2.24) is 5.32 Å². The lowest BCUT2D eigenvalue weighted by Gasteiger charge is -2.24. The summed E-state index contributed by atoms with van der Waals surface area (Å²) in [6.45, 7) is 0.506. The number of aliphatic hydroxyl groups is 1. The van der Waals surface area contributed by atoms with Gasteiger partial charge in [-0.15, -0.1) is 0 Å². The molecule has 2 rings (SSSR count). The van der Waals surface area contributed by atoms with Gasteiger partial charge in [0.25, 0.3) is 0 Å². The molecule has 12 heavy (non-hydrogen) atoms. The van der Waals surface area contributed by atoms with Crippen molar-refractivity contribution in [2.45, 2.75) is 24.5 Å². The van der Waals surface area contributed by atoms with Gasteiger partial charge in [-0.05, 0) is 18.8 Å². The van der Waals surface area contributed by atoms with Crippen LogP contribution < -0.4 is 5.32 Å². The number of β-amino-alcohol motifs (C(OH)–C–C–N with tert-alkyl or cyclic N) is 1. The largest absolute Gasteiger partial charge is 0.468 e. The quantitative estimate of drug-likeness (QED) is 0.511. The minimum atomic E-state index is -0.437. The fourth-order valence-electron chi connectivity index (χ4n) is 2.05. The van der Waals surface area contributed by atoms with E-state index in [1.807, 2.05) is 0 Å². The van der Waals surface area contributed by atoms with E-state index in [1.54, 1.807) is 0 Å². The van der Waals surface area contributed by atoms with Crippen LogP contribution in [0.4, 0.5) is 0 Å². The first-order chi connectivity index (χ1) is 5.69. The van der Waals surface area contributed by atoms with E-state index in [9.17, 15) is 9.90 Å². The molecule has 0 radical (unpaired) electrons. The zero-order valence-electron chi connectivity index (χ0n) is 7.04. The number of aliphatic hydroxyl groups excluding tert-OH is 1. The predicted molar refractivity (Wildman–Crippen MR) is 41.5 cm³/mol. The van der Waals surface area contributed by atoms with Crippen LogP contribution in [-0.4, -0.2) is 36.4 Å². The van der Waals surface area contributed by atoms with Crippen molar-refractivity contribution in [2.24, 2.45) is 5.92 Å². The molecule has 4 heteroatoms. The fourth-order valence-corrected chi connectivity index (χ4v) is 2.05. The van der Waals surface area contributed by atoms with Crippen LogP contribution in [-0.2, 0) is 9.53 Å². The Morgan fingerprint density at radius 1 is 1.75 bits per heavy atom. The Morgan fingerprint density at radius 2 is 2.50 bits per heavy atom. The smallest absolute Gasteiger partial charge is 0.326 e. The van der Waals surface area contributed by atoms with Crippen molar-refractivity contribution >= 4 is 5.97 Å². The minimum Gasteiger partial charge on any atom is -0.468 e. The molecule has 3 unspecified atom stereocenters. The summed E-state index contributed by atoms with van der Waals surface area (Å²) in [6.07, 6.45) is 1.24. The van der Waals surface area contributed by atoms with Crippen LogP contribution in [0, 0.1) is 5.92 Å². The van der Waals surface area contributed by atoms with E-state index < -0.39 is 5.54 Å². The third kappa shape index (κ3) is 0.949. The Balaban J connectivity index is 2.04. The SMILES string of the molecule is COC(=O)C12CC1CC(O)CN2. The van der Waals surface area contributed by atoms with Crippen LogP contribution in [0.3, 0.4) is 0 Å². The average Bonchev–Trinajstić information content (AvgIpc) is 2.78. The molecule has 1 saturated heterocycles. The van der Waals surface area contributed by atoms with Crippen LogP contribution in [0.15, 0.2) is 0 Å². The topological polar surface area (TPSA) is 58.6 Å². The maximum atomic E-state index is 11.3.